The summed E-state index contributed by atoms with van der Waals surface area (Å²) in [4.78, 5) is 3.70. The Kier molecular flexibility index (Phi) is 3.58. The highest BCUT2D eigenvalue weighted by molar-refractivity contribution is 8.13. The first-order valence-electron chi connectivity index (χ1n) is 6.13. The van der Waals surface area contributed by atoms with Gasteiger partial charge in [0.2, 0.25) is 11.7 Å². The lowest BCUT2D eigenvalue weighted by Crippen LogP contribution is -2.02. The van der Waals surface area contributed by atoms with Gasteiger partial charge in [-0.1, -0.05) is 5.16 Å². The van der Waals surface area contributed by atoms with E-state index in [4.69, 9.17) is 19.9 Å². The Bertz CT molecular complexity index is 773. The Labute approximate surface area is 124 Å². The zero-order valence-electron chi connectivity index (χ0n) is 10.6. The van der Waals surface area contributed by atoms with Crippen molar-refractivity contribution in [1.82, 2.24) is 10.1 Å². The fourth-order valence-electron chi connectivity index (χ4n) is 1.76. The summed E-state index contributed by atoms with van der Waals surface area (Å²) in [6.07, 6.45) is 2.05. The fraction of sp³-hybridized carbons (Fsp3) is 0.333. The van der Waals surface area contributed by atoms with Crippen LogP contribution in [0.15, 0.2) is 27.6 Å². The van der Waals surface area contributed by atoms with Crippen LogP contribution in [0.2, 0.25) is 0 Å². The van der Waals surface area contributed by atoms with E-state index in [1.54, 1.807) is 0 Å². The monoisotopic (exact) mass is 332 g/mol. The number of aromatic nitrogens is 2. The summed E-state index contributed by atoms with van der Waals surface area (Å²) < 4.78 is 46.2. The molecule has 0 aliphatic heterocycles. The van der Waals surface area contributed by atoms with E-state index in [0.717, 1.165) is 25.0 Å². The van der Waals surface area contributed by atoms with Crippen LogP contribution in [0.25, 0.3) is 0 Å². The zero-order chi connectivity index (χ0) is 15.0. The first kappa shape index (κ1) is 14.3. The molecule has 0 radical (unpaired) electrons. The molecule has 1 fully saturated rings. The average molecular weight is 333 g/mol. The molecule has 0 N–H and O–H groups in total. The van der Waals surface area contributed by atoms with Crippen LogP contribution >= 0.6 is 10.7 Å². The maximum atomic E-state index is 13.1. The highest BCUT2D eigenvalue weighted by atomic mass is 35.7. The van der Waals surface area contributed by atoms with Crippen molar-refractivity contribution in [2.24, 2.45) is 0 Å². The van der Waals surface area contributed by atoms with Crippen molar-refractivity contribution in [1.29, 1.82) is 0 Å². The summed E-state index contributed by atoms with van der Waals surface area (Å²) in [6.45, 7) is -0.0960. The Hall–Kier alpha value is -1.67. The minimum atomic E-state index is -4.12. The SMILES string of the molecule is O=S(=O)(Cl)c1cc(F)ccc1OCc1noc(C2CC2)n1. The van der Waals surface area contributed by atoms with E-state index in [1.165, 1.54) is 6.07 Å². The third-order valence-electron chi connectivity index (χ3n) is 2.94. The molecule has 0 amide bonds. The lowest BCUT2D eigenvalue weighted by atomic mass is 10.3. The summed E-state index contributed by atoms with van der Waals surface area (Å²) in [6, 6.07) is 3.06. The van der Waals surface area contributed by atoms with Crippen molar-refractivity contribution in [3.63, 3.8) is 0 Å². The smallest absolute Gasteiger partial charge is 0.265 e. The van der Waals surface area contributed by atoms with Gasteiger partial charge >= 0.3 is 0 Å². The van der Waals surface area contributed by atoms with Crippen LogP contribution in [-0.4, -0.2) is 18.6 Å². The van der Waals surface area contributed by atoms with E-state index >= 15 is 0 Å². The molecule has 0 unspecified atom stereocenters. The minimum Gasteiger partial charge on any atom is -0.484 e. The predicted octanol–water partition coefficient (Wildman–Crippen LogP) is 2.59. The number of nitrogens with zero attached hydrogens (tertiary/aromatic N) is 2. The molecule has 21 heavy (non-hydrogen) atoms. The molecule has 9 heteroatoms. The lowest BCUT2D eigenvalue weighted by molar-refractivity contribution is 0.278. The number of rotatable bonds is 5. The average Bonchev–Trinajstić information content (AvgIpc) is 3.16. The zero-order valence-corrected chi connectivity index (χ0v) is 12.2. The van der Waals surface area contributed by atoms with Gasteiger partial charge in [-0.3, -0.25) is 0 Å². The molecule has 3 rings (SSSR count). The van der Waals surface area contributed by atoms with Crippen LogP contribution in [-0.2, 0) is 15.7 Å². The van der Waals surface area contributed by atoms with Crippen molar-refractivity contribution in [3.8, 4) is 5.75 Å². The molecular weight excluding hydrogens is 323 g/mol. The Morgan fingerprint density at radius 1 is 1.43 bits per heavy atom. The number of benzene rings is 1. The summed E-state index contributed by atoms with van der Waals surface area (Å²) in [7, 11) is 1.13. The predicted molar refractivity (Wildman–Crippen MR) is 70.0 cm³/mol. The molecule has 1 aromatic carbocycles. The van der Waals surface area contributed by atoms with E-state index in [2.05, 4.69) is 10.1 Å². The number of ether oxygens (including phenoxy) is 1. The Morgan fingerprint density at radius 3 is 2.86 bits per heavy atom. The van der Waals surface area contributed by atoms with E-state index in [1.807, 2.05) is 0 Å². The van der Waals surface area contributed by atoms with Gasteiger partial charge in [-0.25, -0.2) is 12.8 Å². The first-order valence-corrected chi connectivity index (χ1v) is 8.44. The standard InChI is InChI=1S/C12H10ClFN2O4S/c13-21(17,18)10-5-8(14)3-4-9(10)19-6-11-15-12(20-16-11)7-1-2-7/h3-5,7H,1-2,6H2. The van der Waals surface area contributed by atoms with Gasteiger partial charge in [0.25, 0.3) is 9.05 Å². The molecule has 1 aliphatic rings. The molecule has 0 bridgehead atoms. The first-order chi connectivity index (χ1) is 9.93. The molecule has 0 atom stereocenters. The van der Waals surface area contributed by atoms with Gasteiger partial charge in [0, 0.05) is 16.6 Å². The van der Waals surface area contributed by atoms with Gasteiger partial charge in [0.1, 0.15) is 16.5 Å². The Balaban J connectivity index is 1.77. The normalized spacial score (nSPS) is 15.1. The molecule has 1 saturated carbocycles. The van der Waals surface area contributed by atoms with E-state index in [-0.39, 0.29) is 12.4 Å². The van der Waals surface area contributed by atoms with Crippen LogP contribution in [0.1, 0.15) is 30.5 Å². The van der Waals surface area contributed by atoms with Crippen molar-refractivity contribution >= 4 is 19.7 Å². The van der Waals surface area contributed by atoms with Crippen LogP contribution < -0.4 is 4.74 Å². The van der Waals surface area contributed by atoms with Gasteiger partial charge < -0.3 is 9.26 Å². The quantitative estimate of drug-likeness (QED) is 0.783. The molecule has 1 heterocycles. The second-order valence-corrected chi connectivity index (χ2v) is 7.18. The lowest BCUT2D eigenvalue weighted by Gasteiger charge is -2.07. The highest BCUT2D eigenvalue weighted by Crippen LogP contribution is 2.38. The fourth-order valence-corrected chi connectivity index (χ4v) is 2.74. The molecule has 2 aromatic rings. The van der Waals surface area contributed by atoms with Crippen molar-refractivity contribution < 1.29 is 22.1 Å². The number of hydrogen-bond acceptors (Lipinski definition) is 6. The Morgan fingerprint density at radius 2 is 2.19 bits per heavy atom. The van der Waals surface area contributed by atoms with Crippen molar-refractivity contribution in [2.45, 2.75) is 30.3 Å². The summed E-state index contributed by atoms with van der Waals surface area (Å²) in [5.74, 6) is 0.370. The van der Waals surface area contributed by atoms with E-state index in [9.17, 15) is 12.8 Å². The van der Waals surface area contributed by atoms with Gasteiger partial charge in [0.15, 0.2) is 6.61 Å². The van der Waals surface area contributed by atoms with E-state index in [0.29, 0.717) is 17.6 Å². The topological polar surface area (TPSA) is 82.3 Å². The third-order valence-corrected chi connectivity index (χ3v) is 4.28. The van der Waals surface area contributed by atoms with Crippen molar-refractivity contribution in [2.75, 3.05) is 0 Å². The summed E-state index contributed by atoms with van der Waals surface area (Å²) in [5, 5.41) is 3.73. The molecule has 1 aromatic heterocycles. The largest absolute Gasteiger partial charge is 0.484 e. The van der Waals surface area contributed by atoms with Crippen LogP contribution in [0.5, 0.6) is 5.75 Å². The molecule has 0 spiro atoms. The summed E-state index contributed by atoms with van der Waals surface area (Å²) >= 11 is 0. The second-order valence-electron chi connectivity index (χ2n) is 4.64. The molecule has 112 valence electrons. The van der Waals surface area contributed by atoms with Gasteiger partial charge in [-0.05, 0) is 31.0 Å². The van der Waals surface area contributed by atoms with Gasteiger partial charge in [-0.15, -0.1) is 0 Å². The van der Waals surface area contributed by atoms with Crippen molar-refractivity contribution in [3.05, 3.63) is 35.7 Å². The number of hydrogen-bond donors (Lipinski definition) is 0. The molecule has 6 nitrogen and oxygen atoms in total. The second kappa shape index (κ2) is 5.27. The maximum absolute atomic E-state index is 13.1. The molecule has 0 saturated heterocycles. The molecular formula is C12H10ClFN2O4S. The van der Waals surface area contributed by atoms with Crippen LogP contribution in [0, 0.1) is 5.82 Å². The molecule has 1 aliphatic carbocycles. The number of halogens is 2. The van der Waals surface area contributed by atoms with Gasteiger partial charge in [0.05, 0.1) is 0 Å². The van der Waals surface area contributed by atoms with Gasteiger partial charge in [-0.2, -0.15) is 4.98 Å². The minimum absolute atomic E-state index is 0.0656. The third kappa shape index (κ3) is 3.33. The van der Waals surface area contributed by atoms with Crippen LogP contribution in [0.3, 0.4) is 0 Å². The van der Waals surface area contributed by atoms with Crippen LogP contribution in [0.4, 0.5) is 4.39 Å². The summed E-state index contributed by atoms with van der Waals surface area (Å²) in [5.41, 5.74) is 0. The highest BCUT2D eigenvalue weighted by Gasteiger charge is 2.29. The van der Waals surface area contributed by atoms with E-state index < -0.39 is 19.8 Å². The maximum Gasteiger partial charge on any atom is 0.265 e.